The number of hydrogen-bond acceptors (Lipinski definition) is 6. The zero-order chi connectivity index (χ0) is 40.6. The number of halogens is 1. The van der Waals surface area contributed by atoms with Gasteiger partial charge in [-0.3, -0.25) is 9.59 Å². The fourth-order valence-corrected chi connectivity index (χ4v) is 11.8. The van der Waals surface area contributed by atoms with Gasteiger partial charge in [-0.1, -0.05) is 97.3 Å². The Hall–Kier alpha value is -3.48. The van der Waals surface area contributed by atoms with Gasteiger partial charge in [-0.25, -0.2) is 9.18 Å². The van der Waals surface area contributed by atoms with Gasteiger partial charge in [0.05, 0.1) is 5.56 Å². The molecule has 57 heavy (non-hydrogen) atoms. The van der Waals surface area contributed by atoms with Gasteiger partial charge in [0.15, 0.2) is 0 Å². The number of esters is 3. The van der Waals surface area contributed by atoms with Crippen LogP contribution in [0, 0.1) is 52.2 Å². The molecule has 0 aromatic heterocycles. The van der Waals surface area contributed by atoms with Gasteiger partial charge in [0, 0.05) is 19.3 Å². The lowest BCUT2D eigenvalue weighted by molar-refractivity contribution is -0.151. The molecule has 0 N–H and O–H groups in total. The highest BCUT2D eigenvalue weighted by molar-refractivity contribution is 5.91. The summed E-state index contributed by atoms with van der Waals surface area (Å²) in [5.74, 6) is 4.10. The van der Waals surface area contributed by atoms with Crippen LogP contribution in [-0.4, -0.2) is 24.0 Å². The smallest absolute Gasteiger partial charge is 0.343 e. The van der Waals surface area contributed by atoms with Crippen LogP contribution in [0.3, 0.4) is 0 Å². The quantitative estimate of drug-likeness (QED) is 0.0648. The van der Waals surface area contributed by atoms with Gasteiger partial charge in [0.25, 0.3) is 0 Å². The number of allylic oxidation sites excluding steroid dienone is 1. The number of carbonyl (C=O) groups excluding carboxylic acids is 3. The lowest BCUT2D eigenvalue weighted by atomic mass is 9.47. The number of benzene rings is 2. The largest absolute Gasteiger partial charge is 0.462 e. The topological polar surface area (TPSA) is 78.9 Å². The highest BCUT2D eigenvalue weighted by atomic mass is 19.1. The summed E-state index contributed by atoms with van der Waals surface area (Å²) >= 11 is 0. The molecule has 0 bridgehead atoms. The van der Waals surface area contributed by atoms with Crippen molar-refractivity contribution in [1.29, 1.82) is 0 Å². The lowest BCUT2D eigenvalue weighted by Gasteiger charge is -2.58. The highest BCUT2D eigenvalue weighted by Gasteiger charge is 2.59. The molecule has 6 rings (SSSR count). The summed E-state index contributed by atoms with van der Waals surface area (Å²) in [6.45, 7) is 12.5. The van der Waals surface area contributed by atoms with Crippen LogP contribution in [0.25, 0.3) is 0 Å². The van der Waals surface area contributed by atoms with Crippen molar-refractivity contribution in [2.45, 2.75) is 163 Å². The Morgan fingerprint density at radius 1 is 0.754 bits per heavy atom. The van der Waals surface area contributed by atoms with Gasteiger partial charge in [-0.2, -0.15) is 0 Å². The summed E-state index contributed by atoms with van der Waals surface area (Å²) in [6.07, 6.45) is 22.9. The van der Waals surface area contributed by atoms with Crippen molar-refractivity contribution in [3.8, 4) is 11.5 Å². The SMILES string of the molecule is CC(C)CCC[C@@H](C)[C@H]1CC[C@H]2[C@@H]3CC=C4C[C@@H](OC(=O)CCCCCCCCC(=O)Oc5ccc(OC(=O)c6cccc(F)c6)cc5)CC[C@]4(C)[C@H]3CC[C@]12C. The number of rotatable bonds is 18. The van der Waals surface area contributed by atoms with Crippen molar-refractivity contribution in [3.63, 3.8) is 0 Å². The summed E-state index contributed by atoms with van der Waals surface area (Å²) in [7, 11) is 0. The average molecular weight is 785 g/mol. The molecule has 2 aromatic carbocycles. The first-order valence-electron chi connectivity index (χ1n) is 22.5. The van der Waals surface area contributed by atoms with Crippen molar-refractivity contribution < 1.29 is 33.0 Å². The molecule has 0 saturated heterocycles. The zero-order valence-corrected chi connectivity index (χ0v) is 35.5. The average Bonchev–Trinajstić information content (AvgIpc) is 3.54. The first kappa shape index (κ1) is 43.1. The second-order valence-corrected chi connectivity index (χ2v) is 19.1. The maximum atomic E-state index is 13.4. The Labute approximate surface area is 342 Å². The Morgan fingerprint density at radius 2 is 1.44 bits per heavy atom. The Bertz CT molecular complexity index is 1700. The van der Waals surface area contributed by atoms with Crippen molar-refractivity contribution in [2.24, 2.45) is 46.3 Å². The van der Waals surface area contributed by atoms with E-state index in [0.29, 0.717) is 24.0 Å². The Balaban J connectivity index is 0.834. The third-order valence-electron chi connectivity index (χ3n) is 14.9. The van der Waals surface area contributed by atoms with Crippen LogP contribution in [0.2, 0.25) is 0 Å². The van der Waals surface area contributed by atoms with E-state index < -0.39 is 11.8 Å². The predicted octanol–water partition coefficient (Wildman–Crippen LogP) is 13.0. The maximum absolute atomic E-state index is 13.4. The van der Waals surface area contributed by atoms with E-state index in [2.05, 4.69) is 40.7 Å². The standard InChI is InChI=1S/C50H69FO6/c1-34(2)14-12-15-35(3)43-26-27-44-42-25-20-37-33-41(28-30-49(37,4)45(42)29-31-50(43,44)5)56-47(53)19-11-9-7-6-8-10-18-46(52)55-39-21-23-40(24-22-39)57-48(54)36-16-13-17-38(51)32-36/h13,16-17,20-24,32,34-35,41-45H,6-12,14-15,18-19,25-31,33H2,1-5H3/t35-,41+,42+,43-,44+,45+,49+,50-/m1/s1. The Morgan fingerprint density at radius 3 is 2.14 bits per heavy atom. The van der Waals surface area contributed by atoms with E-state index in [1.807, 2.05) is 0 Å². The molecule has 2 aromatic rings. The fourth-order valence-electron chi connectivity index (χ4n) is 11.8. The van der Waals surface area contributed by atoms with Crippen molar-refractivity contribution in [3.05, 3.63) is 71.6 Å². The van der Waals surface area contributed by atoms with E-state index in [-0.39, 0.29) is 34.8 Å². The molecule has 3 saturated carbocycles. The molecule has 0 spiro atoms. The van der Waals surface area contributed by atoms with Gasteiger partial charge < -0.3 is 14.2 Å². The number of unbranched alkanes of at least 4 members (excludes halogenated alkanes) is 5. The summed E-state index contributed by atoms with van der Waals surface area (Å²) in [5, 5.41) is 0. The molecule has 4 aliphatic rings. The normalized spacial score (nSPS) is 28.4. The van der Waals surface area contributed by atoms with E-state index in [9.17, 15) is 18.8 Å². The number of hydrogen-bond donors (Lipinski definition) is 0. The predicted molar refractivity (Wildman–Crippen MR) is 223 cm³/mol. The van der Waals surface area contributed by atoms with Gasteiger partial charge >= 0.3 is 17.9 Å². The third-order valence-corrected chi connectivity index (χ3v) is 14.9. The second-order valence-electron chi connectivity index (χ2n) is 19.1. The van der Waals surface area contributed by atoms with Gasteiger partial charge in [-0.05, 0) is 147 Å². The highest BCUT2D eigenvalue weighted by Crippen LogP contribution is 2.67. The van der Waals surface area contributed by atoms with Crippen LogP contribution in [0.1, 0.15) is 167 Å². The molecule has 0 aliphatic heterocycles. The van der Waals surface area contributed by atoms with Crippen LogP contribution in [0.5, 0.6) is 11.5 Å². The lowest BCUT2D eigenvalue weighted by Crippen LogP contribution is -2.51. The maximum Gasteiger partial charge on any atom is 0.343 e. The minimum absolute atomic E-state index is 0.0202. The summed E-state index contributed by atoms with van der Waals surface area (Å²) < 4.78 is 30.2. The molecule has 3 fully saturated rings. The third kappa shape index (κ3) is 10.8. The van der Waals surface area contributed by atoms with Crippen LogP contribution >= 0.6 is 0 Å². The van der Waals surface area contributed by atoms with Crippen LogP contribution in [-0.2, 0) is 14.3 Å². The zero-order valence-electron chi connectivity index (χ0n) is 35.5. The molecule has 6 nitrogen and oxygen atoms in total. The molecule has 0 unspecified atom stereocenters. The van der Waals surface area contributed by atoms with Crippen LogP contribution in [0.15, 0.2) is 60.2 Å². The number of ether oxygens (including phenoxy) is 3. The molecule has 0 radical (unpaired) electrons. The minimum atomic E-state index is -0.665. The molecule has 312 valence electrons. The van der Waals surface area contributed by atoms with E-state index in [1.54, 1.807) is 17.7 Å². The van der Waals surface area contributed by atoms with Crippen LogP contribution < -0.4 is 9.47 Å². The van der Waals surface area contributed by atoms with Gasteiger partial charge in [0.2, 0.25) is 0 Å². The first-order valence-corrected chi connectivity index (χ1v) is 22.5. The number of fused-ring (bicyclic) bond motifs is 5. The summed E-state index contributed by atoms with van der Waals surface area (Å²) in [6, 6.07) is 11.5. The fraction of sp³-hybridized carbons (Fsp3) is 0.660. The van der Waals surface area contributed by atoms with Gasteiger partial charge in [-0.15, -0.1) is 0 Å². The van der Waals surface area contributed by atoms with E-state index >= 15 is 0 Å². The summed E-state index contributed by atoms with van der Waals surface area (Å²) in [4.78, 5) is 37.5. The van der Waals surface area contributed by atoms with Crippen LogP contribution in [0.4, 0.5) is 4.39 Å². The monoisotopic (exact) mass is 785 g/mol. The minimum Gasteiger partial charge on any atom is -0.462 e. The molecule has 7 heteroatoms. The van der Waals surface area contributed by atoms with E-state index in [1.165, 1.54) is 81.7 Å². The van der Waals surface area contributed by atoms with Crippen molar-refractivity contribution in [1.82, 2.24) is 0 Å². The first-order chi connectivity index (χ1) is 27.4. The number of carbonyl (C=O) groups is 3. The molecular weight excluding hydrogens is 716 g/mol. The van der Waals surface area contributed by atoms with Crippen molar-refractivity contribution >= 4 is 17.9 Å². The molecular formula is C50H69FO6. The molecule has 4 aliphatic carbocycles. The molecule has 0 amide bonds. The molecule has 8 atom stereocenters. The molecule has 0 heterocycles. The van der Waals surface area contributed by atoms with E-state index in [0.717, 1.165) is 99.4 Å². The summed E-state index contributed by atoms with van der Waals surface area (Å²) in [5.41, 5.74) is 2.47. The Kier molecular flexibility index (Phi) is 14.8. The van der Waals surface area contributed by atoms with Gasteiger partial charge in [0.1, 0.15) is 23.4 Å². The van der Waals surface area contributed by atoms with Crippen molar-refractivity contribution in [2.75, 3.05) is 0 Å². The van der Waals surface area contributed by atoms with E-state index in [4.69, 9.17) is 14.2 Å². The second kappa shape index (κ2) is 19.5.